The number of hydrogen-bond acceptors (Lipinski definition) is 3. The van der Waals surface area contributed by atoms with Crippen molar-refractivity contribution in [3.8, 4) is 0 Å². The van der Waals surface area contributed by atoms with E-state index in [-0.39, 0.29) is 18.5 Å². The largest absolute Gasteiger partial charge is 0.481 e. The minimum absolute atomic E-state index is 0.0538. The molecule has 106 valence electrons. The number of aliphatic carboxylic acids is 1. The highest BCUT2D eigenvalue weighted by Crippen LogP contribution is 2.01. The summed E-state index contributed by atoms with van der Waals surface area (Å²) in [5.41, 5.74) is 0.941. The summed E-state index contributed by atoms with van der Waals surface area (Å²) in [4.78, 5) is 29.1. The zero-order valence-electron chi connectivity index (χ0n) is 11.0. The molecule has 0 aliphatic heterocycles. The zero-order valence-corrected chi connectivity index (χ0v) is 11.0. The Morgan fingerprint density at radius 3 is 2.89 bits per heavy atom. The molecular weight excluding hydrogens is 248 g/mol. The van der Waals surface area contributed by atoms with Crippen molar-refractivity contribution in [2.45, 2.75) is 38.6 Å². The number of carboxylic acid groups (broad SMARTS) is 1. The van der Waals surface area contributed by atoms with Gasteiger partial charge in [0.1, 0.15) is 0 Å². The third-order valence-electron chi connectivity index (χ3n) is 2.63. The van der Waals surface area contributed by atoms with Crippen LogP contribution < -0.4 is 10.6 Å². The van der Waals surface area contributed by atoms with E-state index in [0.29, 0.717) is 19.4 Å². The molecule has 7 nitrogen and oxygen atoms in total. The molecule has 0 radical (unpaired) electrons. The van der Waals surface area contributed by atoms with Crippen LogP contribution in [0.3, 0.4) is 0 Å². The van der Waals surface area contributed by atoms with Crippen molar-refractivity contribution < 1.29 is 14.7 Å². The topological polar surface area (TPSA) is 107 Å². The normalized spacial score (nSPS) is 11.8. The van der Waals surface area contributed by atoms with Gasteiger partial charge >= 0.3 is 12.0 Å². The monoisotopic (exact) mass is 268 g/mol. The summed E-state index contributed by atoms with van der Waals surface area (Å²) in [5, 5.41) is 14.1. The smallest absolute Gasteiger partial charge is 0.315 e. The van der Waals surface area contributed by atoms with Gasteiger partial charge in [0.25, 0.3) is 0 Å². The molecule has 1 heterocycles. The molecule has 2 amide bonds. The van der Waals surface area contributed by atoms with Gasteiger partial charge in [-0.3, -0.25) is 4.79 Å². The van der Waals surface area contributed by atoms with Crippen molar-refractivity contribution in [3.63, 3.8) is 0 Å². The molecule has 1 aromatic heterocycles. The Kier molecular flexibility index (Phi) is 6.42. The summed E-state index contributed by atoms with van der Waals surface area (Å²) in [6, 6.07) is -0.658. The second-order valence-electron chi connectivity index (χ2n) is 4.31. The Labute approximate surface area is 111 Å². The summed E-state index contributed by atoms with van der Waals surface area (Å²) in [6.07, 6.45) is 5.36. The average molecular weight is 268 g/mol. The number of aromatic nitrogens is 2. The first kappa shape index (κ1) is 15.0. The number of rotatable bonds is 8. The second-order valence-corrected chi connectivity index (χ2v) is 4.31. The number of carbonyl (C=O) groups excluding carboxylic acids is 1. The number of imidazole rings is 1. The molecule has 0 aromatic carbocycles. The van der Waals surface area contributed by atoms with E-state index < -0.39 is 5.97 Å². The van der Waals surface area contributed by atoms with E-state index in [2.05, 4.69) is 20.6 Å². The van der Waals surface area contributed by atoms with Gasteiger partial charge in [-0.1, -0.05) is 13.3 Å². The van der Waals surface area contributed by atoms with Gasteiger partial charge in [-0.2, -0.15) is 0 Å². The quantitative estimate of drug-likeness (QED) is 0.561. The lowest BCUT2D eigenvalue weighted by Gasteiger charge is -2.16. The molecule has 1 unspecified atom stereocenters. The maximum Gasteiger partial charge on any atom is 0.315 e. The van der Waals surface area contributed by atoms with E-state index in [9.17, 15) is 9.59 Å². The number of carboxylic acids is 1. The SMILES string of the molecule is CCCC(CC(=O)O)NC(=O)NCCc1cnc[nH]1. The third-order valence-corrected chi connectivity index (χ3v) is 2.63. The maximum atomic E-state index is 11.6. The van der Waals surface area contributed by atoms with Crippen molar-refractivity contribution in [3.05, 3.63) is 18.2 Å². The van der Waals surface area contributed by atoms with E-state index in [1.54, 1.807) is 12.5 Å². The molecule has 0 saturated heterocycles. The highest BCUT2D eigenvalue weighted by Gasteiger charge is 2.14. The predicted octanol–water partition coefficient (Wildman–Crippen LogP) is 0.895. The minimum Gasteiger partial charge on any atom is -0.481 e. The lowest BCUT2D eigenvalue weighted by atomic mass is 10.1. The van der Waals surface area contributed by atoms with Crippen molar-refractivity contribution in [1.29, 1.82) is 0 Å². The summed E-state index contributed by atoms with van der Waals surface area (Å²) in [6.45, 7) is 2.42. The fourth-order valence-corrected chi connectivity index (χ4v) is 1.75. The highest BCUT2D eigenvalue weighted by molar-refractivity contribution is 5.75. The van der Waals surface area contributed by atoms with Crippen LogP contribution in [0.2, 0.25) is 0 Å². The first-order valence-corrected chi connectivity index (χ1v) is 6.35. The Morgan fingerprint density at radius 1 is 1.53 bits per heavy atom. The van der Waals surface area contributed by atoms with E-state index in [4.69, 9.17) is 5.11 Å². The fourth-order valence-electron chi connectivity index (χ4n) is 1.75. The zero-order chi connectivity index (χ0) is 14.1. The number of urea groups is 1. The van der Waals surface area contributed by atoms with Gasteiger partial charge < -0.3 is 20.7 Å². The van der Waals surface area contributed by atoms with Crippen LogP contribution in [0, 0.1) is 0 Å². The second kappa shape index (κ2) is 8.12. The van der Waals surface area contributed by atoms with Gasteiger partial charge in [-0.15, -0.1) is 0 Å². The van der Waals surface area contributed by atoms with Gasteiger partial charge in [0.2, 0.25) is 0 Å². The summed E-state index contributed by atoms with van der Waals surface area (Å²) in [7, 11) is 0. The number of H-pyrrole nitrogens is 1. The van der Waals surface area contributed by atoms with Crippen molar-refractivity contribution >= 4 is 12.0 Å². The van der Waals surface area contributed by atoms with Crippen LogP contribution >= 0.6 is 0 Å². The number of carbonyl (C=O) groups is 2. The van der Waals surface area contributed by atoms with Crippen LogP contribution in [-0.4, -0.2) is 39.7 Å². The summed E-state index contributed by atoms with van der Waals surface area (Å²) < 4.78 is 0. The number of amides is 2. The lowest BCUT2D eigenvalue weighted by Crippen LogP contribution is -2.43. The van der Waals surface area contributed by atoms with Gasteiger partial charge in [-0.05, 0) is 6.42 Å². The van der Waals surface area contributed by atoms with E-state index in [0.717, 1.165) is 12.1 Å². The Bertz CT molecular complexity index is 392. The van der Waals surface area contributed by atoms with Crippen LogP contribution in [0.15, 0.2) is 12.5 Å². The molecular formula is C12H20N4O3. The minimum atomic E-state index is -0.906. The van der Waals surface area contributed by atoms with E-state index in [1.165, 1.54) is 0 Å². The number of nitrogens with one attached hydrogen (secondary N) is 3. The van der Waals surface area contributed by atoms with Gasteiger partial charge in [0, 0.05) is 30.9 Å². The Hall–Kier alpha value is -2.05. The number of aromatic amines is 1. The highest BCUT2D eigenvalue weighted by atomic mass is 16.4. The molecule has 0 fully saturated rings. The summed E-state index contributed by atoms with van der Waals surface area (Å²) >= 11 is 0. The number of nitrogens with zero attached hydrogens (tertiary/aromatic N) is 1. The van der Waals surface area contributed by atoms with Crippen molar-refractivity contribution in [2.75, 3.05) is 6.54 Å². The molecule has 0 aliphatic rings. The van der Waals surface area contributed by atoms with Crippen molar-refractivity contribution in [1.82, 2.24) is 20.6 Å². The standard InChI is InChI=1S/C12H20N4O3/c1-2-3-9(6-11(17)18)16-12(19)14-5-4-10-7-13-8-15-10/h7-9H,2-6H2,1H3,(H,13,15)(H,17,18)(H2,14,16,19). The van der Waals surface area contributed by atoms with Crippen LogP contribution in [-0.2, 0) is 11.2 Å². The predicted molar refractivity (Wildman–Crippen MR) is 69.8 cm³/mol. The average Bonchev–Trinajstić information content (AvgIpc) is 2.81. The van der Waals surface area contributed by atoms with Crippen LogP contribution in [0.1, 0.15) is 31.9 Å². The molecule has 0 saturated carbocycles. The molecule has 1 aromatic rings. The van der Waals surface area contributed by atoms with Gasteiger partial charge in [0.05, 0.1) is 12.7 Å². The molecule has 7 heteroatoms. The molecule has 1 rings (SSSR count). The van der Waals surface area contributed by atoms with E-state index in [1.807, 2.05) is 6.92 Å². The van der Waals surface area contributed by atoms with Gasteiger partial charge in [-0.25, -0.2) is 9.78 Å². The Balaban J connectivity index is 2.25. The lowest BCUT2D eigenvalue weighted by molar-refractivity contribution is -0.137. The maximum absolute atomic E-state index is 11.6. The first-order valence-electron chi connectivity index (χ1n) is 6.35. The fraction of sp³-hybridized carbons (Fsp3) is 0.583. The van der Waals surface area contributed by atoms with Crippen LogP contribution in [0.4, 0.5) is 4.79 Å². The molecule has 0 spiro atoms. The molecule has 4 N–H and O–H groups in total. The first-order chi connectivity index (χ1) is 9.11. The molecule has 0 aliphatic carbocycles. The van der Waals surface area contributed by atoms with Crippen LogP contribution in [0.25, 0.3) is 0 Å². The third kappa shape index (κ3) is 6.44. The Morgan fingerprint density at radius 2 is 2.32 bits per heavy atom. The number of hydrogen-bond donors (Lipinski definition) is 4. The molecule has 0 bridgehead atoms. The van der Waals surface area contributed by atoms with Crippen LogP contribution in [0.5, 0.6) is 0 Å². The summed E-state index contributed by atoms with van der Waals surface area (Å²) in [5.74, 6) is -0.906. The van der Waals surface area contributed by atoms with E-state index >= 15 is 0 Å². The van der Waals surface area contributed by atoms with Gasteiger partial charge in [0.15, 0.2) is 0 Å². The van der Waals surface area contributed by atoms with Crippen molar-refractivity contribution in [2.24, 2.45) is 0 Å². The molecule has 19 heavy (non-hydrogen) atoms. The molecule has 1 atom stereocenters.